The summed E-state index contributed by atoms with van der Waals surface area (Å²) in [5, 5.41) is 7.32. The first-order valence-electron chi connectivity index (χ1n) is 6.67. The third-order valence-corrected chi connectivity index (χ3v) is 3.08. The van der Waals surface area contributed by atoms with Crippen LogP contribution in [0.3, 0.4) is 0 Å². The molecule has 18 heavy (non-hydrogen) atoms. The zero-order valence-corrected chi connectivity index (χ0v) is 12.1. The maximum Gasteiger partial charge on any atom is 0.122 e. The van der Waals surface area contributed by atoms with Crippen LogP contribution in [0.25, 0.3) is 0 Å². The molecule has 0 aliphatic rings. The smallest absolute Gasteiger partial charge is 0.122 e. The highest BCUT2D eigenvalue weighted by Crippen LogP contribution is 2.10. The fraction of sp³-hybridized carbons (Fsp3) is 0.533. The van der Waals surface area contributed by atoms with Crippen LogP contribution in [-0.2, 0) is 6.42 Å². The van der Waals surface area contributed by atoms with E-state index >= 15 is 0 Å². The van der Waals surface area contributed by atoms with E-state index in [1.165, 1.54) is 44.1 Å². The molecule has 2 nitrogen and oxygen atoms in total. The van der Waals surface area contributed by atoms with Crippen LogP contribution in [0.15, 0.2) is 24.3 Å². The van der Waals surface area contributed by atoms with Gasteiger partial charge in [0.2, 0.25) is 0 Å². The van der Waals surface area contributed by atoms with Gasteiger partial charge >= 0.3 is 0 Å². The quantitative estimate of drug-likeness (QED) is 0.412. The number of benzene rings is 1. The van der Waals surface area contributed by atoms with Crippen LogP contribution in [0.5, 0.6) is 0 Å². The number of unbranched alkanes of at least 4 members (excludes halogenated alkanes) is 5. The van der Waals surface area contributed by atoms with Crippen LogP contribution < -0.4 is 5.73 Å². The van der Waals surface area contributed by atoms with Gasteiger partial charge in [0.15, 0.2) is 0 Å². The molecule has 0 bridgehead atoms. The number of nitrogen functional groups attached to an aromatic ring is 1. The molecule has 0 unspecified atom stereocenters. The molecule has 0 fully saturated rings. The molecule has 0 heterocycles. The topological polar surface area (TPSA) is 49.9 Å². The van der Waals surface area contributed by atoms with E-state index in [4.69, 9.17) is 11.1 Å². The second-order valence-electron chi connectivity index (χ2n) is 4.63. The first kappa shape index (κ1) is 17.0. The Labute approximate surface area is 117 Å². The largest absolute Gasteiger partial charge is 0.384 e. The van der Waals surface area contributed by atoms with Gasteiger partial charge in [-0.05, 0) is 18.4 Å². The summed E-state index contributed by atoms with van der Waals surface area (Å²) in [5.41, 5.74) is 7.58. The van der Waals surface area contributed by atoms with E-state index in [1.807, 2.05) is 12.1 Å². The highest BCUT2D eigenvalue weighted by Gasteiger charge is 1.97. The summed E-state index contributed by atoms with van der Waals surface area (Å²) in [7, 11) is 0. The molecule has 0 amide bonds. The van der Waals surface area contributed by atoms with Crippen LogP contribution in [0.1, 0.15) is 56.6 Å². The first-order chi connectivity index (χ1) is 8.24. The van der Waals surface area contributed by atoms with Crippen LogP contribution in [-0.4, -0.2) is 5.84 Å². The molecule has 0 saturated heterocycles. The lowest BCUT2D eigenvalue weighted by Crippen LogP contribution is -2.10. The van der Waals surface area contributed by atoms with E-state index in [2.05, 4.69) is 19.1 Å². The van der Waals surface area contributed by atoms with E-state index in [-0.39, 0.29) is 18.2 Å². The van der Waals surface area contributed by atoms with Crippen molar-refractivity contribution in [3.05, 3.63) is 35.4 Å². The van der Waals surface area contributed by atoms with Gasteiger partial charge in [-0.1, -0.05) is 63.3 Å². The molecule has 0 aliphatic heterocycles. The highest BCUT2D eigenvalue weighted by atomic mass is 35.5. The maximum absolute atomic E-state index is 7.32. The van der Waals surface area contributed by atoms with Crippen LogP contribution in [0.2, 0.25) is 0 Å². The predicted molar refractivity (Wildman–Crippen MR) is 81.8 cm³/mol. The predicted octanol–water partition coefficient (Wildman–Crippen LogP) is 4.30. The summed E-state index contributed by atoms with van der Waals surface area (Å²) in [6.07, 6.45) is 9.15. The third-order valence-electron chi connectivity index (χ3n) is 3.08. The van der Waals surface area contributed by atoms with Crippen molar-refractivity contribution >= 4 is 18.2 Å². The van der Waals surface area contributed by atoms with E-state index in [1.54, 1.807) is 0 Å². The molecular formula is C15H25ClN2. The van der Waals surface area contributed by atoms with Crippen molar-refractivity contribution in [1.29, 1.82) is 5.41 Å². The molecular weight excluding hydrogens is 244 g/mol. The van der Waals surface area contributed by atoms with Gasteiger partial charge in [-0.3, -0.25) is 5.41 Å². The number of hydrogen-bond acceptors (Lipinski definition) is 1. The molecule has 1 aromatic carbocycles. The Morgan fingerprint density at radius 2 is 1.56 bits per heavy atom. The summed E-state index contributed by atoms with van der Waals surface area (Å²) in [5.74, 6) is 0.149. The Morgan fingerprint density at radius 3 is 2.11 bits per heavy atom. The van der Waals surface area contributed by atoms with E-state index < -0.39 is 0 Å². The van der Waals surface area contributed by atoms with Gasteiger partial charge in [-0.2, -0.15) is 0 Å². The lowest BCUT2D eigenvalue weighted by atomic mass is 10.0. The number of nitrogens with one attached hydrogen (secondary N) is 1. The zero-order valence-electron chi connectivity index (χ0n) is 11.2. The summed E-state index contributed by atoms with van der Waals surface area (Å²) >= 11 is 0. The Balaban J connectivity index is 0.00000289. The van der Waals surface area contributed by atoms with Gasteiger partial charge in [0.1, 0.15) is 5.84 Å². The van der Waals surface area contributed by atoms with E-state index in [0.717, 1.165) is 12.0 Å². The van der Waals surface area contributed by atoms with Gasteiger partial charge < -0.3 is 5.73 Å². The normalized spacial score (nSPS) is 9.83. The van der Waals surface area contributed by atoms with Crippen LogP contribution in [0, 0.1) is 5.41 Å². The summed E-state index contributed by atoms with van der Waals surface area (Å²) in [6, 6.07) is 8.05. The first-order valence-corrected chi connectivity index (χ1v) is 6.67. The van der Waals surface area contributed by atoms with Crippen LogP contribution in [0.4, 0.5) is 0 Å². The third kappa shape index (κ3) is 6.65. The van der Waals surface area contributed by atoms with Crippen molar-refractivity contribution in [2.24, 2.45) is 5.73 Å². The van der Waals surface area contributed by atoms with Crippen molar-refractivity contribution in [2.75, 3.05) is 0 Å². The lowest BCUT2D eigenvalue weighted by Gasteiger charge is -2.03. The van der Waals surface area contributed by atoms with Crippen molar-refractivity contribution in [3.63, 3.8) is 0 Å². The lowest BCUT2D eigenvalue weighted by molar-refractivity contribution is 0.607. The standard InChI is InChI=1S/C15H24N2.ClH/c1-2-3-4-5-6-7-8-13-9-11-14(12-10-13)15(16)17;/h9-12H,2-8H2,1H3,(H3,16,17);1H. The Bertz CT molecular complexity index is 333. The highest BCUT2D eigenvalue weighted by molar-refractivity contribution is 5.94. The molecule has 1 aromatic rings. The number of halogens is 1. The molecule has 102 valence electrons. The summed E-state index contributed by atoms with van der Waals surface area (Å²) in [4.78, 5) is 0. The molecule has 0 spiro atoms. The second-order valence-corrected chi connectivity index (χ2v) is 4.63. The van der Waals surface area contributed by atoms with Gasteiger partial charge in [0.05, 0.1) is 0 Å². The molecule has 0 atom stereocenters. The molecule has 0 radical (unpaired) electrons. The molecule has 3 heteroatoms. The Kier molecular flexibility index (Phi) is 9.39. The fourth-order valence-electron chi connectivity index (χ4n) is 1.96. The maximum atomic E-state index is 7.32. The fourth-order valence-corrected chi connectivity index (χ4v) is 1.96. The van der Waals surface area contributed by atoms with Crippen LogP contribution >= 0.6 is 12.4 Å². The molecule has 0 aliphatic carbocycles. The van der Waals surface area contributed by atoms with Gasteiger partial charge in [-0.25, -0.2) is 0 Å². The van der Waals surface area contributed by atoms with Crippen molar-refractivity contribution in [1.82, 2.24) is 0 Å². The van der Waals surface area contributed by atoms with Gasteiger partial charge in [0, 0.05) is 5.56 Å². The minimum atomic E-state index is 0. The summed E-state index contributed by atoms with van der Waals surface area (Å²) in [6.45, 7) is 2.25. The Hall–Kier alpha value is -1.02. The SMILES string of the molecule is CCCCCCCCc1ccc(C(=N)N)cc1.Cl. The number of aryl methyl sites for hydroxylation is 1. The number of amidine groups is 1. The van der Waals surface area contributed by atoms with Crippen molar-refractivity contribution in [2.45, 2.75) is 51.9 Å². The number of hydrogen-bond donors (Lipinski definition) is 2. The number of rotatable bonds is 8. The minimum Gasteiger partial charge on any atom is -0.384 e. The monoisotopic (exact) mass is 268 g/mol. The minimum absolute atomic E-state index is 0. The zero-order chi connectivity index (χ0) is 12.5. The second kappa shape index (κ2) is 9.95. The Morgan fingerprint density at radius 1 is 1.00 bits per heavy atom. The molecule has 1 rings (SSSR count). The van der Waals surface area contributed by atoms with Crippen molar-refractivity contribution < 1.29 is 0 Å². The molecule has 0 aromatic heterocycles. The average molecular weight is 269 g/mol. The van der Waals surface area contributed by atoms with Gasteiger partial charge in [0.25, 0.3) is 0 Å². The summed E-state index contributed by atoms with van der Waals surface area (Å²) < 4.78 is 0. The van der Waals surface area contributed by atoms with E-state index in [0.29, 0.717) is 0 Å². The number of nitrogens with two attached hydrogens (primary N) is 1. The van der Waals surface area contributed by atoms with Gasteiger partial charge in [-0.15, -0.1) is 12.4 Å². The average Bonchev–Trinajstić information content (AvgIpc) is 2.34. The van der Waals surface area contributed by atoms with E-state index in [9.17, 15) is 0 Å². The van der Waals surface area contributed by atoms with Crippen molar-refractivity contribution in [3.8, 4) is 0 Å². The molecule has 0 saturated carbocycles. The molecule has 3 N–H and O–H groups in total.